The minimum absolute atomic E-state index is 0.264. The molecule has 3 aromatic rings. The van der Waals surface area contributed by atoms with Crippen molar-refractivity contribution < 1.29 is 9.53 Å². The molecule has 0 spiro atoms. The molecular formula is C22H22N4O2. The Hall–Kier alpha value is -3.41. The molecule has 6 nitrogen and oxygen atoms in total. The molecule has 0 unspecified atom stereocenters. The smallest absolute Gasteiger partial charge is 0.276 e. The number of aryl methyl sites for hydroxylation is 1. The zero-order chi connectivity index (χ0) is 19.3. The maximum Gasteiger partial charge on any atom is 0.276 e. The highest BCUT2D eigenvalue weighted by molar-refractivity contribution is 6.03. The van der Waals surface area contributed by atoms with E-state index in [0.717, 1.165) is 30.9 Å². The average molecular weight is 374 g/mol. The summed E-state index contributed by atoms with van der Waals surface area (Å²) in [7, 11) is 0. The van der Waals surface area contributed by atoms with Gasteiger partial charge in [-0.3, -0.25) is 4.79 Å². The fourth-order valence-corrected chi connectivity index (χ4v) is 3.40. The monoisotopic (exact) mass is 374 g/mol. The number of carbonyl (C=O) groups is 1. The lowest BCUT2D eigenvalue weighted by molar-refractivity contribution is 0.102. The number of benzene rings is 2. The molecule has 0 radical (unpaired) electrons. The van der Waals surface area contributed by atoms with E-state index in [1.54, 1.807) is 12.1 Å². The van der Waals surface area contributed by atoms with E-state index >= 15 is 0 Å². The highest BCUT2D eigenvalue weighted by atomic mass is 16.5. The number of para-hydroxylation sites is 3. The van der Waals surface area contributed by atoms with Crippen molar-refractivity contribution in [3.05, 3.63) is 71.9 Å². The summed E-state index contributed by atoms with van der Waals surface area (Å²) in [4.78, 5) is 14.7. The van der Waals surface area contributed by atoms with Gasteiger partial charge in [-0.05, 0) is 55.7 Å². The fraction of sp³-hybridized carbons (Fsp3) is 0.227. The van der Waals surface area contributed by atoms with Gasteiger partial charge < -0.3 is 15.0 Å². The van der Waals surface area contributed by atoms with Gasteiger partial charge in [0.1, 0.15) is 5.75 Å². The third-order valence-corrected chi connectivity index (χ3v) is 4.70. The van der Waals surface area contributed by atoms with Gasteiger partial charge in [0.25, 0.3) is 5.91 Å². The Morgan fingerprint density at radius 1 is 1.07 bits per heavy atom. The molecule has 1 aliphatic heterocycles. The van der Waals surface area contributed by atoms with Crippen molar-refractivity contribution in [1.82, 2.24) is 10.2 Å². The predicted molar refractivity (Wildman–Crippen MR) is 109 cm³/mol. The van der Waals surface area contributed by atoms with Gasteiger partial charge in [-0.1, -0.05) is 30.3 Å². The van der Waals surface area contributed by atoms with E-state index in [9.17, 15) is 4.79 Å². The lowest BCUT2D eigenvalue weighted by Crippen LogP contribution is -2.26. The fourth-order valence-electron chi connectivity index (χ4n) is 3.40. The van der Waals surface area contributed by atoms with Crippen LogP contribution in [0.25, 0.3) is 0 Å². The maximum atomic E-state index is 12.6. The number of ether oxygens (including phenoxy) is 1. The number of rotatable bonds is 5. The average Bonchev–Trinajstić information content (AvgIpc) is 2.75. The molecule has 0 fully saturated rings. The summed E-state index contributed by atoms with van der Waals surface area (Å²) < 4.78 is 5.55. The van der Waals surface area contributed by atoms with Crippen molar-refractivity contribution in [3.8, 4) is 5.75 Å². The van der Waals surface area contributed by atoms with E-state index in [1.165, 1.54) is 5.56 Å². The largest absolute Gasteiger partial charge is 0.492 e. The minimum Gasteiger partial charge on any atom is -0.492 e. The summed E-state index contributed by atoms with van der Waals surface area (Å²) in [6, 6.07) is 19.2. The van der Waals surface area contributed by atoms with Crippen molar-refractivity contribution in [1.29, 1.82) is 0 Å². The maximum absolute atomic E-state index is 12.6. The summed E-state index contributed by atoms with van der Waals surface area (Å²) in [5, 5.41) is 11.3. The summed E-state index contributed by atoms with van der Waals surface area (Å²) in [5.74, 6) is 1.07. The Labute approximate surface area is 164 Å². The minimum atomic E-state index is -0.315. The van der Waals surface area contributed by atoms with Crippen LogP contribution in [0.15, 0.2) is 60.7 Å². The number of hydrogen-bond acceptors (Lipinski definition) is 5. The molecule has 0 saturated carbocycles. The highest BCUT2D eigenvalue weighted by Gasteiger charge is 2.20. The van der Waals surface area contributed by atoms with E-state index in [4.69, 9.17) is 4.74 Å². The van der Waals surface area contributed by atoms with E-state index in [-0.39, 0.29) is 11.6 Å². The molecule has 0 saturated heterocycles. The lowest BCUT2D eigenvalue weighted by atomic mass is 10.0. The quantitative estimate of drug-likeness (QED) is 0.724. The van der Waals surface area contributed by atoms with Crippen LogP contribution in [-0.4, -0.2) is 29.3 Å². The molecule has 4 rings (SSSR count). The first kappa shape index (κ1) is 18.0. The topological polar surface area (TPSA) is 67.3 Å². The van der Waals surface area contributed by atoms with Gasteiger partial charge in [-0.25, -0.2) is 0 Å². The van der Waals surface area contributed by atoms with Crippen molar-refractivity contribution in [2.24, 2.45) is 0 Å². The second-order valence-corrected chi connectivity index (χ2v) is 6.54. The van der Waals surface area contributed by atoms with Crippen molar-refractivity contribution >= 4 is 23.1 Å². The SMILES string of the molecule is CCOc1ccccc1NC(=O)c1ccc(N2CCCc3ccccc32)nn1. The molecular weight excluding hydrogens is 352 g/mol. The Kier molecular flexibility index (Phi) is 5.19. The molecule has 0 bridgehead atoms. The predicted octanol–water partition coefficient (Wildman–Crippen LogP) is 4.21. The zero-order valence-electron chi connectivity index (χ0n) is 15.8. The van der Waals surface area contributed by atoms with Gasteiger partial charge in [-0.2, -0.15) is 0 Å². The second kappa shape index (κ2) is 8.08. The number of carbonyl (C=O) groups excluding carboxylic acids is 1. The second-order valence-electron chi connectivity index (χ2n) is 6.54. The van der Waals surface area contributed by atoms with Gasteiger partial charge in [0, 0.05) is 12.2 Å². The van der Waals surface area contributed by atoms with Crippen LogP contribution in [-0.2, 0) is 6.42 Å². The van der Waals surface area contributed by atoms with Crippen LogP contribution < -0.4 is 15.0 Å². The van der Waals surface area contributed by atoms with Crippen LogP contribution in [0.5, 0.6) is 5.75 Å². The molecule has 1 N–H and O–H groups in total. The van der Waals surface area contributed by atoms with E-state index in [0.29, 0.717) is 18.0 Å². The third-order valence-electron chi connectivity index (χ3n) is 4.70. The molecule has 0 atom stereocenters. The van der Waals surface area contributed by atoms with Gasteiger partial charge in [0.05, 0.1) is 12.3 Å². The highest BCUT2D eigenvalue weighted by Crippen LogP contribution is 2.32. The van der Waals surface area contributed by atoms with E-state index in [1.807, 2.05) is 37.3 Å². The zero-order valence-corrected chi connectivity index (χ0v) is 15.8. The molecule has 2 heterocycles. The number of nitrogens with one attached hydrogen (secondary N) is 1. The first-order valence-corrected chi connectivity index (χ1v) is 9.48. The molecule has 2 aromatic carbocycles. The molecule has 28 heavy (non-hydrogen) atoms. The number of fused-ring (bicyclic) bond motifs is 1. The third kappa shape index (κ3) is 3.67. The standard InChI is InChI=1S/C22H22N4O2/c1-2-28-20-12-6-4-10-17(20)23-22(27)18-13-14-21(25-24-18)26-15-7-9-16-8-3-5-11-19(16)26/h3-6,8,10-14H,2,7,9,15H2,1H3,(H,23,27). The van der Waals surface area contributed by atoms with Gasteiger partial charge in [0.15, 0.2) is 11.5 Å². The van der Waals surface area contributed by atoms with Gasteiger partial charge in [-0.15, -0.1) is 10.2 Å². The van der Waals surface area contributed by atoms with E-state index < -0.39 is 0 Å². The summed E-state index contributed by atoms with van der Waals surface area (Å²) in [6.45, 7) is 3.32. The van der Waals surface area contributed by atoms with Gasteiger partial charge in [0.2, 0.25) is 0 Å². The van der Waals surface area contributed by atoms with Crippen molar-refractivity contribution in [3.63, 3.8) is 0 Å². The van der Waals surface area contributed by atoms with Crippen molar-refractivity contribution in [2.45, 2.75) is 19.8 Å². The van der Waals surface area contributed by atoms with Crippen LogP contribution in [0.4, 0.5) is 17.2 Å². The Morgan fingerprint density at radius 2 is 1.89 bits per heavy atom. The summed E-state index contributed by atoms with van der Waals surface area (Å²) >= 11 is 0. The molecule has 6 heteroatoms. The lowest BCUT2D eigenvalue weighted by Gasteiger charge is -2.29. The summed E-state index contributed by atoms with van der Waals surface area (Å²) in [5.41, 5.74) is 3.35. The Bertz CT molecular complexity index is 972. The Balaban J connectivity index is 1.52. The number of nitrogens with zero attached hydrogens (tertiary/aromatic N) is 3. The number of anilines is 3. The van der Waals surface area contributed by atoms with Crippen LogP contribution in [0, 0.1) is 0 Å². The first-order valence-electron chi connectivity index (χ1n) is 9.48. The van der Waals surface area contributed by atoms with Crippen LogP contribution in [0.1, 0.15) is 29.4 Å². The molecule has 1 aromatic heterocycles. The molecule has 0 aliphatic carbocycles. The van der Waals surface area contributed by atoms with Crippen LogP contribution in [0.3, 0.4) is 0 Å². The molecule has 142 valence electrons. The number of hydrogen-bond donors (Lipinski definition) is 1. The molecule has 1 aliphatic rings. The van der Waals surface area contributed by atoms with Crippen molar-refractivity contribution in [2.75, 3.05) is 23.4 Å². The van der Waals surface area contributed by atoms with Crippen LogP contribution >= 0.6 is 0 Å². The number of aromatic nitrogens is 2. The van der Waals surface area contributed by atoms with E-state index in [2.05, 4.69) is 38.6 Å². The summed E-state index contributed by atoms with van der Waals surface area (Å²) in [6.07, 6.45) is 2.13. The number of amides is 1. The Morgan fingerprint density at radius 3 is 2.71 bits per heavy atom. The van der Waals surface area contributed by atoms with Gasteiger partial charge >= 0.3 is 0 Å². The first-order chi connectivity index (χ1) is 13.8. The normalized spacial score (nSPS) is 13.0. The van der Waals surface area contributed by atoms with Crippen LogP contribution in [0.2, 0.25) is 0 Å². The molecule has 1 amide bonds.